The van der Waals surface area contributed by atoms with Crippen LogP contribution in [0.1, 0.15) is 20.8 Å². The molecule has 0 aliphatic heterocycles. The molecule has 0 aromatic carbocycles. The fourth-order valence-electron chi connectivity index (χ4n) is 1.02. The molecule has 0 saturated heterocycles. The van der Waals surface area contributed by atoms with Crippen LogP contribution in [0.25, 0.3) is 0 Å². The average molecular weight is 319 g/mol. The van der Waals surface area contributed by atoms with E-state index in [1.165, 1.54) is 11.5 Å². The van der Waals surface area contributed by atoms with Crippen molar-refractivity contribution in [1.82, 2.24) is 5.32 Å². The van der Waals surface area contributed by atoms with Gasteiger partial charge in [-0.25, -0.2) is 0 Å². The number of thioether (sulfide) groups is 1. The minimum atomic E-state index is 0.243. The van der Waals surface area contributed by atoms with Crippen molar-refractivity contribution in [1.29, 1.82) is 0 Å². The number of rotatable bonds is 5. The molecule has 74 valence electrons. The fourth-order valence-corrected chi connectivity index (χ4v) is 3.43. The number of hydrogen-bond acceptors (Lipinski definition) is 3. The zero-order valence-corrected chi connectivity index (χ0v) is 12.0. The molecular formula is C8H18INS2. The first kappa shape index (κ1) is 13.4. The molecule has 0 aromatic rings. The molecule has 0 radical (unpaired) electrons. The maximum absolute atomic E-state index is 3.61. The average Bonchev–Trinajstić information content (AvgIpc) is 1.84. The molecule has 0 heterocycles. The van der Waals surface area contributed by atoms with Crippen molar-refractivity contribution in [2.45, 2.75) is 32.4 Å². The molecule has 0 amide bonds. The summed E-state index contributed by atoms with van der Waals surface area (Å²) in [5, 5.41) is 3.61. The Morgan fingerprint density at radius 2 is 1.92 bits per heavy atom. The molecule has 0 aliphatic rings. The molecule has 1 unspecified atom stereocenters. The Morgan fingerprint density at radius 1 is 1.33 bits per heavy atom. The van der Waals surface area contributed by atoms with Gasteiger partial charge in [0.25, 0.3) is 0 Å². The molecule has 1 nitrogen and oxygen atoms in total. The third kappa shape index (κ3) is 8.01. The van der Waals surface area contributed by atoms with Crippen molar-refractivity contribution >= 4 is 41.9 Å². The van der Waals surface area contributed by atoms with E-state index in [0.29, 0.717) is 6.04 Å². The molecule has 0 aromatic heterocycles. The molecule has 0 rings (SSSR count). The first-order valence-corrected chi connectivity index (χ1v) is 8.92. The normalized spacial score (nSPS) is 14.8. The van der Waals surface area contributed by atoms with Gasteiger partial charge in [0.1, 0.15) is 0 Å². The van der Waals surface area contributed by atoms with E-state index >= 15 is 0 Å². The first-order valence-electron chi connectivity index (χ1n) is 4.00. The number of hydrogen-bond donors (Lipinski definition) is 1. The molecule has 1 N–H and O–H groups in total. The lowest BCUT2D eigenvalue weighted by Crippen LogP contribution is -2.46. The molecule has 4 heteroatoms. The van der Waals surface area contributed by atoms with Crippen LogP contribution >= 0.6 is 41.9 Å². The highest BCUT2D eigenvalue weighted by Crippen LogP contribution is 2.16. The van der Waals surface area contributed by atoms with Gasteiger partial charge in [0.05, 0.1) is 0 Å². The van der Waals surface area contributed by atoms with Crippen LogP contribution in [0.2, 0.25) is 0 Å². The van der Waals surface area contributed by atoms with Gasteiger partial charge in [-0.05, 0) is 48.2 Å². The quantitative estimate of drug-likeness (QED) is 0.782. The zero-order chi connectivity index (χ0) is 9.61. The molecule has 0 aliphatic carbocycles. The largest absolute Gasteiger partial charge is 0.308 e. The van der Waals surface area contributed by atoms with Crippen molar-refractivity contribution in [3.8, 4) is 0 Å². The van der Waals surface area contributed by atoms with Gasteiger partial charge in [-0.2, -0.15) is 11.8 Å². The van der Waals surface area contributed by atoms with Crippen LogP contribution in [0.15, 0.2) is 0 Å². The van der Waals surface area contributed by atoms with Crippen LogP contribution in [0, 0.1) is 0 Å². The van der Waals surface area contributed by atoms with E-state index in [-0.39, 0.29) is 5.54 Å². The van der Waals surface area contributed by atoms with Gasteiger partial charge in [0.15, 0.2) is 0 Å². The highest BCUT2D eigenvalue weighted by Gasteiger charge is 2.16. The summed E-state index contributed by atoms with van der Waals surface area (Å²) in [7, 11) is 1.88. The number of nitrogens with one attached hydrogen (secondary N) is 1. The third-order valence-electron chi connectivity index (χ3n) is 1.27. The van der Waals surface area contributed by atoms with E-state index < -0.39 is 0 Å². The monoisotopic (exact) mass is 319 g/mol. The van der Waals surface area contributed by atoms with Crippen LogP contribution in [0.4, 0.5) is 0 Å². The Morgan fingerprint density at radius 3 is 2.25 bits per heavy atom. The van der Waals surface area contributed by atoms with Crippen LogP contribution in [-0.4, -0.2) is 29.3 Å². The summed E-state index contributed by atoms with van der Waals surface area (Å²) >= 11 is 4.27. The number of halogens is 1. The summed E-state index contributed by atoms with van der Waals surface area (Å²) in [5.41, 5.74) is 0.243. The van der Waals surface area contributed by atoms with Gasteiger partial charge < -0.3 is 5.32 Å². The predicted octanol–water partition coefficient (Wildman–Crippen LogP) is 3.19. The van der Waals surface area contributed by atoms with Crippen LogP contribution in [0.5, 0.6) is 0 Å². The smallest absolute Gasteiger partial charge is 0.0261 e. The van der Waals surface area contributed by atoms with Gasteiger partial charge in [-0.15, -0.1) is 0 Å². The molecule has 1 atom stereocenters. The van der Waals surface area contributed by atoms with E-state index in [9.17, 15) is 0 Å². The highest BCUT2D eigenvalue weighted by molar-refractivity contribution is 14.2. The van der Waals surface area contributed by atoms with Gasteiger partial charge in [0, 0.05) is 23.1 Å². The van der Waals surface area contributed by atoms with Crippen LogP contribution in [0.3, 0.4) is 0 Å². The Bertz CT molecular complexity index is 108. The van der Waals surface area contributed by atoms with Crippen molar-refractivity contribution in [2.24, 2.45) is 0 Å². The van der Waals surface area contributed by atoms with E-state index in [0.717, 1.165) is 0 Å². The molecule has 0 spiro atoms. The second kappa shape index (κ2) is 6.79. The minimum absolute atomic E-state index is 0.243. The lowest BCUT2D eigenvalue weighted by Gasteiger charge is -2.27. The van der Waals surface area contributed by atoms with Gasteiger partial charge in [-0.1, -0.05) is 8.93 Å². The maximum Gasteiger partial charge on any atom is 0.0261 e. The summed E-state index contributed by atoms with van der Waals surface area (Å²) < 4.78 is 0. The fraction of sp³-hybridized carbons (Fsp3) is 1.00. The summed E-state index contributed by atoms with van der Waals surface area (Å²) in [6.45, 7) is 6.66. The van der Waals surface area contributed by atoms with Gasteiger partial charge in [-0.3, -0.25) is 0 Å². The standard InChI is InChI=1S/C8H18INS2/c1-8(2,3)10-7(5-11-4)6-12-9/h7,10H,5-6H2,1-4H3. The van der Waals surface area contributed by atoms with E-state index in [1.54, 1.807) is 0 Å². The molecule has 0 saturated carbocycles. The van der Waals surface area contributed by atoms with Crippen molar-refractivity contribution < 1.29 is 0 Å². The van der Waals surface area contributed by atoms with E-state index in [2.05, 4.69) is 53.5 Å². The van der Waals surface area contributed by atoms with Crippen molar-refractivity contribution in [3.63, 3.8) is 0 Å². The Balaban J connectivity index is 3.77. The third-order valence-corrected chi connectivity index (χ3v) is 3.61. The van der Waals surface area contributed by atoms with Crippen LogP contribution in [-0.2, 0) is 0 Å². The predicted molar refractivity (Wildman–Crippen MR) is 71.5 cm³/mol. The van der Waals surface area contributed by atoms with E-state index in [1.807, 2.05) is 20.7 Å². The van der Waals surface area contributed by atoms with Crippen LogP contribution < -0.4 is 5.32 Å². The zero-order valence-electron chi connectivity index (χ0n) is 8.19. The molecule has 0 fully saturated rings. The van der Waals surface area contributed by atoms with Gasteiger partial charge in [0.2, 0.25) is 0 Å². The topological polar surface area (TPSA) is 12.0 Å². The van der Waals surface area contributed by atoms with Crippen molar-refractivity contribution in [3.05, 3.63) is 0 Å². The van der Waals surface area contributed by atoms with Crippen molar-refractivity contribution in [2.75, 3.05) is 17.8 Å². The van der Waals surface area contributed by atoms with E-state index in [4.69, 9.17) is 0 Å². The molecule has 12 heavy (non-hydrogen) atoms. The highest BCUT2D eigenvalue weighted by atomic mass is 127. The molecular weight excluding hydrogens is 301 g/mol. The summed E-state index contributed by atoms with van der Waals surface area (Å²) in [6.07, 6.45) is 2.16. The minimum Gasteiger partial charge on any atom is -0.308 e. The summed E-state index contributed by atoms with van der Waals surface area (Å²) in [5.74, 6) is 2.39. The Kier molecular flexibility index (Phi) is 7.57. The Labute approximate surface area is 96.8 Å². The summed E-state index contributed by atoms with van der Waals surface area (Å²) in [4.78, 5) is 0. The second-order valence-electron chi connectivity index (χ2n) is 3.82. The lowest BCUT2D eigenvalue weighted by atomic mass is 10.1. The maximum atomic E-state index is 3.61. The first-order chi connectivity index (χ1) is 5.49. The second-order valence-corrected chi connectivity index (χ2v) is 7.15. The lowest BCUT2D eigenvalue weighted by molar-refractivity contribution is 0.392. The summed E-state index contributed by atoms with van der Waals surface area (Å²) in [6, 6.07) is 0.641. The Hall–Kier alpha value is 1.39. The molecule has 0 bridgehead atoms. The van der Waals surface area contributed by atoms with Gasteiger partial charge >= 0.3 is 0 Å². The SMILES string of the molecule is CSCC(CSI)NC(C)(C)C.